The standard InChI is InChI=1S/C11H13N5O4S/c1-6(17)9(11(19)20)12-8(18)4-16-14-10(13-15-16)7-2-3-21-5-7/h2-3,5-6,9,17H,4H2,1H3,(H,12,18)(H,19,20)/t6-,9+/m1/s1. The molecular formula is C11H13N5O4S. The molecule has 0 radical (unpaired) electrons. The van der Waals surface area contributed by atoms with E-state index in [1.165, 1.54) is 18.3 Å². The van der Waals surface area contributed by atoms with Crippen LogP contribution >= 0.6 is 11.3 Å². The molecule has 2 atom stereocenters. The largest absolute Gasteiger partial charge is 0.480 e. The first-order chi connectivity index (χ1) is 9.97. The number of aromatic nitrogens is 4. The highest BCUT2D eigenvalue weighted by Crippen LogP contribution is 2.16. The number of rotatable bonds is 6. The molecule has 21 heavy (non-hydrogen) atoms. The highest BCUT2D eigenvalue weighted by molar-refractivity contribution is 7.08. The maximum atomic E-state index is 11.7. The third kappa shape index (κ3) is 3.83. The van der Waals surface area contributed by atoms with Crippen molar-refractivity contribution in [3.63, 3.8) is 0 Å². The van der Waals surface area contributed by atoms with Crippen LogP contribution in [-0.2, 0) is 16.1 Å². The Morgan fingerprint density at radius 3 is 2.86 bits per heavy atom. The molecule has 3 N–H and O–H groups in total. The summed E-state index contributed by atoms with van der Waals surface area (Å²) in [6, 6.07) is 0.442. The molecule has 1 amide bonds. The predicted molar refractivity (Wildman–Crippen MR) is 72.4 cm³/mol. The van der Waals surface area contributed by atoms with E-state index >= 15 is 0 Å². The summed E-state index contributed by atoms with van der Waals surface area (Å²) in [5, 5.41) is 35.6. The van der Waals surface area contributed by atoms with Gasteiger partial charge in [-0.15, -0.1) is 10.2 Å². The fourth-order valence-electron chi connectivity index (χ4n) is 1.55. The number of carbonyl (C=O) groups excluding carboxylic acids is 1. The van der Waals surface area contributed by atoms with Gasteiger partial charge in [0.15, 0.2) is 6.04 Å². The first-order valence-electron chi connectivity index (χ1n) is 5.98. The van der Waals surface area contributed by atoms with E-state index in [2.05, 4.69) is 20.7 Å². The summed E-state index contributed by atoms with van der Waals surface area (Å²) < 4.78 is 0. The average Bonchev–Trinajstić information content (AvgIpc) is 3.05. The van der Waals surface area contributed by atoms with Gasteiger partial charge < -0.3 is 15.5 Å². The molecule has 112 valence electrons. The van der Waals surface area contributed by atoms with Crippen molar-refractivity contribution < 1.29 is 19.8 Å². The van der Waals surface area contributed by atoms with Crippen molar-refractivity contribution in [1.29, 1.82) is 0 Å². The zero-order valence-electron chi connectivity index (χ0n) is 11.0. The van der Waals surface area contributed by atoms with Crippen molar-refractivity contribution >= 4 is 23.2 Å². The molecule has 2 rings (SSSR count). The molecule has 9 nitrogen and oxygen atoms in total. The lowest BCUT2D eigenvalue weighted by Crippen LogP contribution is -2.48. The molecule has 0 saturated heterocycles. The van der Waals surface area contributed by atoms with Crippen molar-refractivity contribution in [2.75, 3.05) is 0 Å². The van der Waals surface area contributed by atoms with Gasteiger partial charge in [-0.05, 0) is 23.6 Å². The summed E-state index contributed by atoms with van der Waals surface area (Å²) >= 11 is 1.48. The number of aliphatic carboxylic acids is 1. The number of carbonyl (C=O) groups is 2. The topological polar surface area (TPSA) is 130 Å². The number of tetrazole rings is 1. The molecule has 0 unspecified atom stereocenters. The Kier molecular flexibility index (Phi) is 4.60. The number of aliphatic hydroxyl groups is 1. The van der Waals surface area contributed by atoms with E-state index in [4.69, 9.17) is 5.11 Å². The fraction of sp³-hybridized carbons (Fsp3) is 0.364. The van der Waals surface area contributed by atoms with Crippen molar-refractivity contribution in [2.45, 2.75) is 25.6 Å². The molecule has 0 aliphatic rings. The van der Waals surface area contributed by atoms with Gasteiger partial charge in [-0.25, -0.2) is 4.79 Å². The maximum absolute atomic E-state index is 11.7. The second-order valence-electron chi connectivity index (χ2n) is 4.28. The molecule has 0 aromatic carbocycles. The lowest BCUT2D eigenvalue weighted by atomic mass is 10.2. The van der Waals surface area contributed by atoms with Crippen LogP contribution in [0.2, 0.25) is 0 Å². The van der Waals surface area contributed by atoms with E-state index in [-0.39, 0.29) is 6.54 Å². The van der Waals surface area contributed by atoms with Crippen molar-refractivity contribution in [3.8, 4) is 11.4 Å². The number of carboxylic acid groups (broad SMARTS) is 1. The van der Waals surface area contributed by atoms with Crippen molar-refractivity contribution in [2.24, 2.45) is 0 Å². The predicted octanol–water partition coefficient (Wildman–Crippen LogP) is -0.648. The van der Waals surface area contributed by atoms with Crippen LogP contribution in [0.25, 0.3) is 11.4 Å². The molecule has 2 aromatic rings. The maximum Gasteiger partial charge on any atom is 0.328 e. The van der Waals surface area contributed by atoms with Crippen LogP contribution in [0.15, 0.2) is 16.8 Å². The van der Waals surface area contributed by atoms with E-state index in [9.17, 15) is 14.7 Å². The van der Waals surface area contributed by atoms with Crippen molar-refractivity contribution in [1.82, 2.24) is 25.5 Å². The second kappa shape index (κ2) is 6.41. The minimum Gasteiger partial charge on any atom is -0.480 e. The molecule has 0 saturated carbocycles. The molecule has 0 aliphatic heterocycles. The van der Waals surface area contributed by atoms with E-state index in [0.717, 1.165) is 10.4 Å². The van der Waals surface area contributed by atoms with Crippen LogP contribution in [0.3, 0.4) is 0 Å². The first kappa shape index (κ1) is 15.1. The lowest BCUT2D eigenvalue weighted by Gasteiger charge is -2.16. The minimum absolute atomic E-state index is 0.284. The van der Waals surface area contributed by atoms with Crippen LogP contribution in [0.4, 0.5) is 0 Å². The SMILES string of the molecule is C[C@@H](O)[C@H](NC(=O)Cn1nnc(-c2ccsc2)n1)C(=O)O. The number of aliphatic hydroxyl groups excluding tert-OH is 1. The van der Waals surface area contributed by atoms with E-state index < -0.39 is 24.0 Å². The Bertz CT molecular complexity index is 624. The Morgan fingerprint density at radius 1 is 1.52 bits per heavy atom. The zero-order chi connectivity index (χ0) is 15.4. The third-order valence-electron chi connectivity index (χ3n) is 2.58. The summed E-state index contributed by atoms with van der Waals surface area (Å²) in [5.74, 6) is -1.56. The van der Waals surface area contributed by atoms with Gasteiger partial charge in [0.25, 0.3) is 0 Å². The highest BCUT2D eigenvalue weighted by atomic mass is 32.1. The normalized spacial score (nSPS) is 13.6. The van der Waals surface area contributed by atoms with Crippen LogP contribution in [-0.4, -0.2) is 54.4 Å². The number of hydrogen-bond donors (Lipinski definition) is 3. The Labute approximate surface area is 123 Å². The molecule has 0 fully saturated rings. The van der Waals surface area contributed by atoms with E-state index in [0.29, 0.717) is 5.82 Å². The van der Waals surface area contributed by atoms with Crippen LogP contribution in [0, 0.1) is 0 Å². The summed E-state index contributed by atoms with van der Waals surface area (Å²) in [6.07, 6.45) is -1.21. The Balaban J connectivity index is 1.98. The van der Waals surface area contributed by atoms with Crippen LogP contribution < -0.4 is 5.32 Å². The van der Waals surface area contributed by atoms with Gasteiger partial charge in [0.1, 0.15) is 6.54 Å². The molecule has 0 aliphatic carbocycles. The van der Waals surface area contributed by atoms with Gasteiger partial charge in [0.2, 0.25) is 11.7 Å². The minimum atomic E-state index is -1.38. The number of nitrogens with one attached hydrogen (secondary N) is 1. The smallest absolute Gasteiger partial charge is 0.328 e. The highest BCUT2D eigenvalue weighted by Gasteiger charge is 2.25. The summed E-state index contributed by atoms with van der Waals surface area (Å²) in [4.78, 5) is 23.6. The van der Waals surface area contributed by atoms with Gasteiger partial charge in [0, 0.05) is 10.9 Å². The molecule has 10 heteroatoms. The molecule has 2 heterocycles. The van der Waals surface area contributed by atoms with Crippen LogP contribution in [0.5, 0.6) is 0 Å². The quantitative estimate of drug-likeness (QED) is 0.646. The molecule has 0 spiro atoms. The number of nitrogens with zero attached hydrogens (tertiary/aromatic N) is 4. The monoisotopic (exact) mass is 311 g/mol. The van der Waals surface area contributed by atoms with Crippen molar-refractivity contribution in [3.05, 3.63) is 16.8 Å². The molecule has 0 bridgehead atoms. The van der Waals surface area contributed by atoms with Crippen LogP contribution in [0.1, 0.15) is 6.92 Å². The Hall–Kier alpha value is -2.33. The molecular weight excluding hydrogens is 298 g/mol. The average molecular weight is 311 g/mol. The third-order valence-corrected chi connectivity index (χ3v) is 3.27. The lowest BCUT2D eigenvalue weighted by molar-refractivity contribution is -0.144. The summed E-state index contributed by atoms with van der Waals surface area (Å²) in [7, 11) is 0. The van der Waals surface area contributed by atoms with Gasteiger partial charge in [-0.1, -0.05) is 0 Å². The number of hydrogen-bond acceptors (Lipinski definition) is 7. The fourth-order valence-corrected chi connectivity index (χ4v) is 2.19. The zero-order valence-corrected chi connectivity index (χ0v) is 11.8. The number of carboxylic acids is 1. The van der Waals surface area contributed by atoms with E-state index in [1.807, 2.05) is 16.8 Å². The van der Waals surface area contributed by atoms with Gasteiger partial charge in [-0.2, -0.15) is 16.1 Å². The second-order valence-corrected chi connectivity index (χ2v) is 5.06. The van der Waals surface area contributed by atoms with Gasteiger partial charge >= 0.3 is 5.97 Å². The van der Waals surface area contributed by atoms with Gasteiger partial charge in [-0.3, -0.25) is 4.79 Å². The molecule has 2 aromatic heterocycles. The summed E-state index contributed by atoms with van der Waals surface area (Å²) in [6.45, 7) is 0.995. The number of amides is 1. The van der Waals surface area contributed by atoms with Gasteiger partial charge in [0.05, 0.1) is 6.10 Å². The van der Waals surface area contributed by atoms with E-state index in [1.54, 1.807) is 0 Å². The first-order valence-corrected chi connectivity index (χ1v) is 6.92. The summed E-state index contributed by atoms with van der Waals surface area (Å²) in [5.41, 5.74) is 0.791. The Morgan fingerprint density at radius 2 is 2.29 bits per heavy atom. The number of thiophene rings is 1.